The van der Waals surface area contributed by atoms with Crippen molar-refractivity contribution >= 4 is 5.97 Å². The normalized spacial score (nSPS) is 50.5. The largest absolute Gasteiger partial charge is 0.461 e. The minimum Gasteiger partial charge on any atom is -0.461 e. The van der Waals surface area contributed by atoms with Crippen molar-refractivity contribution < 1.29 is 9.53 Å². The van der Waals surface area contributed by atoms with Crippen LogP contribution >= 0.6 is 0 Å². The molecule has 5 rings (SSSR count). The van der Waals surface area contributed by atoms with Crippen molar-refractivity contribution in [1.29, 1.82) is 0 Å². The molecule has 162 valence electrons. The van der Waals surface area contributed by atoms with Crippen molar-refractivity contribution in [2.75, 3.05) is 39.8 Å². The van der Waals surface area contributed by atoms with Gasteiger partial charge in [-0.15, -0.1) is 0 Å². The molecule has 4 nitrogen and oxygen atoms in total. The summed E-state index contributed by atoms with van der Waals surface area (Å²) in [5.74, 6) is 1.04. The zero-order chi connectivity index (χ0) is 20.6. The number of piperidine rings is 2. The van der Waals surface area contributed by atoms with Crippen molar-refractivity contribution in [3.05, 3.63) is 11.6 Å². The monoisotopic (exact) mass is 400 g/mol. The smallest absolute Gasteiger partial charge is 0.311 e. The first kappa shape index (κ1) is 20.1. The van der Waals surface area contributed by atoms with Gasteiger partial charge in [-0.3, -0.25) is 4.79 Å². The van der Waals surface area contributed by atoms with E-state index < -0.39 is 0 Å². The summed E-state index contributed by atoms with van der Waals surface area (Å²) in [6.45, 7) is 15.1. The number of allylic oxidation sites excluding steroid dienone is 1. The number of carbonyl (C=O) groups is 1. The van der Waals surface area contributed by atoms with Crippen molar-refractivity contribution in [1.82, 2.24) is 9.80 Å². The van der Waals surface area contributed by atoms with E-state index in [0.717, 1.165) is 26.1 Å². The summed E-state index contributed by atoms with van der Waals surface area (Å²) in [5.41, 5.74) is 2.55. The molecule has 4 fully saturated rings. The van der Waals surface area contributed by atoms with Crippen LogP contribution in [0.5, 0.6) is 0 Å². The minimum atomic E-state index is 0.0231. The number of ether oxygens (including phenoxy) is 1. The van der Waals surface area contributed by atoms with Crippen LogP contribution in [0, 0.1) is 34.0 Å². The first-order chi connectivity index (χ1) is 13.6. The average molecular weight is 401 g/mol. The van der Waals surface area contributed by atoms with E-state index in [1.807, 2.05) is 0 Å². The van der Waals surface area contributed by atoms with Crippen molar-refractivity contribution in [2.24, 2.45) is 34.0 Å². The molecular weight excluding hydrogens is 360 g/mol. The SMILES string of the molecule is C[C@H]1CCC[C@]2(C)C[C@H]3OC(=O)[C@H](CN4C[C@@]5(C)CN(C)C[C@](C)(C4)C5)[C@H]3C=C12. The molecule has 3 heterocycles. The van der Waals surface area contributed by atoms with Crippen molar-refractivity contribution in [2.45, 2.75) is 65.9 Å². The van der Waals surface area contributed by atoms with Crippen LogP contribution in [0.25, 0.3) is 0 Å². The summed E-state index contributed by atoms with van der Waals surface area (Å²) < 4.78 is 6.01. The van der Waals surface area contributed by atoms with E-state index in [1.165, 1.54) is 38.8 Å². The molecule has 7 atom stereocenters. The quantitative estimate of drug-likeness (QED) is 0.519. The number of hydrogen-bond acceptors (Lipinski definition) is 4. The fraction of sp³-hybridized carbons (Fsp3) is 0.880. The molecule has 0 unspecified atom stereocenters. The number of carbonyl (C=O) groups excluding carboxylic acids is 1. The number of hydrogen-bond donors (Lipinski definition) is 0. The van der Waals surface area contributed by atoms with E-state index in [0.29, 0.717) is 16.7 Å². The number of rotatable bonds is 2. The van der Waals surface area contributed by atoms with Gasteiger partial charge in [0.15, 0.2) is 0 Å². The summed E-state index contributed by atoms with van der Waals surface area (Å²) >= 11 is 0. The van der Waals surface area contributed by atoms with Crippen LogP contribution in [-0.4, -0.2) is 61.6 Å². The first-order valence-electron chi connectivity index (χ1n) is 11.9. The zero-order valence-electron chi connectivity index (χ0n) is 19.2. The first-order valence-corrected chi connectivity index (χ1v) is 11.9. The lowest BCUT2D eigenvalue weighted by atomic mass is 9.59. The van der Waals surface area contributed by atoms with Crippen LogP contribution in [0.15, 0.2) is 11.6 Å². The van der Waals surface area contributed by atoms with E-state index in [4.69, 9.17) is 4.74 Å². The van der Waals surface area contributed by atoms with Crippen LogP contribution in [0.1, 0.15) is 59.8 Å². The van der Waals surface area contributed by atoms with Crippen LogP contribution < -0.4 is 0 Å². The van der Waals surface area contributed by atoms with Gasteiger partial charge in [0.1, 0.15) is 6.10 Å². The summed E-state index contributed by atoms with van der Waals surface area (Å²) in [6.07, 6.45) is 8.82. The second-order valence-corrected chi connectivity index (χ2v) is 12.5. The highest BCUT2D eigenvalue weighted by Crippen LogP contribution is 2.54. The highest BCUT2D eigenvalue weighted by atomic mass is 16.6. The fourth-order valence-corrected chi connectivity index (χ4v) is 8.51. The van der Waals surface area contributed by atoms with Gasteiger partial charge < -0.3 is 14.5 Å². The van der Waals surface area contributed by atoms with Crippen LogP contribution in [-0.2, 0) is 9.53 Å². The van der Waals surface area contributed by atoms with Crippen molar-refractivity contribution in [3.8, 4) is 0 Å². The number of esters is 1. The fourth-order valence-electron chi connectivity index (χ4n) is 8.51. The Kier molecular flexibility index (Phi) is 4.54. The molecule has 0 amide bonds. The van der Waals surface area contributed by atoms with Gasteiger partial charge in [-0.1, -0.05) is 45.8 Å². The minimum absolute atomic E-state index is 0.0231. The molecule has 3 aliphatic heterocycles. The van der Waals surface area contributed by atoms with E-state index in [-0.39, 0.29) is 29.3 Å². The second kappa shape index (κ2) is 6.56. The average Bonchev–Trinajstić information content (AvgIpc) is 2.84. The molecule has 29 heavy (non-hydrogen) atoms. The molecule has 2 aliphatic carbocycles. The van der Waals surface area contributed by atoms with E-state index >= 15 is 0 Å². The van der Waals surface area contributed by atoms with Gasteiger partial charge in [0.25, 0.3) is 0 Å². The van der Waals surface area contributed by atoms with Crippen LogP contribution in [0.3, 0.4) is 0 Å². The third kappa shape index (κ3) is 3.39. The Morgan fingerprint density at radius 1 is 1.14 bits per heavy atom. The maximum Gasteiger partial charge on any atom is 0.311 e. The van der Waals surface area contributed by atoms with Gasteiger partial charge in [0.2, 0.25) is 0 Å². The Morgan fingerprint density at radius 2 is 1.83 bits per heavy atom. The lowest BCUT2D eigenvalue weighted by Gasteiger charge is -2.56. The molecule has 0 aromatic rings. The maximum absolute atomic E-state index is 13.0. The van der Waals surface area contributed by atoms with Gasteiger partial charge in [-0.05, 0) is 54.9 Å². The third-order valence-corrected chi connectivity index (χ3v) is 8.90. The Hall–Kier alpha value is -0.870. The van der Waals surface area contributed by atoms with Gasteiger partial charge in [0.05, 0.1) is 5.92 Å². The van der Waals surface area contributed by atoms with E-state index in [1.54, 1.807) is 5.57 Å². The Balaban J connectivity index is 1.37. The second-order valence-electron chi connectivity index (χ2n) is 12.5. The predicted octanol–water partition coefficient (Wildman–Crippen LogP) is 3.96. The maximum atomic E-state index is 13.0. The topological polar surface area (TPSA) is 32.8 Å². The number of fused-ring (bicyclic) bond motifs is 4. The molecule has 0 aromatic heterocycles. The number of nitrogens with zero attached hydrogens (tertiary/aromatic N) is 2. The van der Waals surface area contributed by atoms with Gasteiger partial charge in [0, 0.05) is 38.6 Å². The summed E-state index contributed by atoms with van der Waals surface area (Å²) in [4.78, 5) is 18.1. The van der Waals surface area contributed by atoms with E-state index in [2.05, 4.69) is 50.6 Å². The molecule has 0 N–H and O–H groups in total. The summed E-state index contributed by atoms with van der Waals surface area (Å²) in [6, 6.07) is 0. The molecule has 0 radical (unpaired) electrons. The molecule has 0 spiro atoms. The number of likely N-dealkylation sites (tertiary alicyclic amines) is 2. The van der Waals surface area contributed by atoms with E-state index in [9.17, 15) is 4.79 Å². The van der Waals surface area contributed by atoms with Gasteiger partial charge in [-0.2, -0.15) is 0 Å². The molecule has 1 saturated carbocycles. The molecule has 4 heteroatoms. The molecule has 0 aromatic carbocycles. The standard InChI is InChI=1S/C25H40N2O2/c1-17-7-6-8-25(4)10-21-18(9-20(17)25)19(22(28)29-21)11-27-15-23(2)12-24(3,16-27)14-26(5)13-23/h9,17-19,21H,6-8,10-16H2,1-5H3/t17-,18+,19+,21+,23+,24+,25+/m0/s1. The molecular formula is C25H40N2O2. The highest BCUT2D eigenvalue weighted by molar-refractivity contribution is 5.76. The van der Waals surface area contributed by atoms with Crippen LogP contribution in [0.4, 0.5) is 0 Å². The molecule has 3 saturated heterocycles. The lowest BCUT2D eigenvalue weighted by Crippen LogP contribution is -2.62. The Labute approximate surface area is 177 Å². The Bertz CT molecular complexity index is 714. The predicted molar refractivity (Wildman–Crippen MR) is 115 cm³/mol. The molecule has 2 bridgehead atoms. The molecule has 5 aliphatic rings. The Morgan fingerprint density at radius 3 is 2.52 bits per heavy atom. The van der Waals surface area contributed by atoms with Crippen molar-refractivity contribution in [3.63, 3.8) is 0 Å². The summed E-state index contributed by atoms with van der Waals surface area (Å²) in [7, 11) is 2.26. The highest BCUT2D eigenvalue weighted by Gasteiger charge is 2.53. The van der Waals surface area contributed by atoms with Crippen LogP contribution in [0.2, 0.25) is 0 Å². The third-order valence-electron chi connectivity index (χ3n) is 8.90. The lowest BCUT2D eigenvalue weighted by molar-refractivity contribution is -0.146. The van der Waals surface area contributed by atoms with Gasteiger partial charge >= 0.3 is 5.97 Å². The summed E-state index contributed by atoms with van der Waals surface area (Å²) in [5, 5.41) is 0. The zero-order valence-corrected chi connectivity index (χ0v) is 19.2. The van der Waals surface area contributed by atoms with Gasteiger partial charge in [-0.25, -0.2) is 0 Å².